The maximum atomic E-state index is 6.06. The predicted octanol–water partition coefficient (Wildman–Crippen LogP) is 5.79. The number of hydrogen-bond acceptors (Lipinski definition) is 1. The Bertz CT molecular complexity index is 518. The molecule has 2 aromatic rings. The molecule has 0 bridgehead atoms. The zero-order valence-corrected chi connectivity index (χ0v) is 13.7. The van der Waals surface area contributed by atoms with Crippen LogP contribution in [0, 0.1) is 6.92 Å². The van der Waals surface area contributed by atoms with E-state index in [9.17, 15) is 0 Å². The van der Waals surface area contributed by atoms with Crippen LogP contribution < -0.4 is 5.32 Å². The van der Waals surface area contributed by atoms with Crippen molar-refractivity contribution in [1.29, 1.82) is 0 Å². The lowest BCUT2D eigenvalue weighted by Gasteiger charge is -2.09. The molecule has 0 aliphatic heterocycles. The highest BCUT2D eigenvalue weighted by molar-refractivity contribution is 9.10. The second-order valence-electron chi connectivity index (χ2n) is 4.07. The summed E-state index contributed by atoms with van der Waals surface area (Å²) in [5, 5.41) is 4.11. The monoisotopic (exact) mass is 387 g/mol. The third-order valence-corrected chi connectivity index (χ3v) is 4.74. The number of halogens is 3. The van der Waals surface area contributed by atoms with E-state index < -0.39 is 0 Å². The third-order valence-electron chi connectivity index (χ3n) is 2.65. The number of anilines is 1. The smallest absolute Gasteiger partial charge is 0.0551 e. The lowest BCUT2D eigenvalue weighted by Crippen LogP contribution is -1.99. The van der Waals surface area contributed by atoms with Gasteiger partial charge in [0.1, 0.15) is 0 Å². The molecule has 0 aromatic heterocycles. The highest BCUT2D eigenvalue weighted by atomic mass is 79.9. The fourth-order valence-electron chi connectivity index (χ4n) is 1.56. The Hall–Kier alpha value is -0.510. The van der Waals surface area contributed by atoms with Crippen LogP contribution in [0.5, 0.6) is 0 Å². The van der Waals surface area contributed by atoms with Crippen LogP contribution in [0.25, 0.3) is 0 Å². The first-order valence-corrected chi connectivity index (χ1v) is 7.46. The minimum absolute atomic E-state index is 0.736. The Morgan fingerprint density at radius 3 is 2.50 bits per heavy atom. The summed E-state index contributed by atoms with van der Waals surface area (Å²) in [6.45, 7) is 2.82. The second kappa shape index (κ2) is 6.09. The summed E-state index contributed by atoms with van der Waals surface area (Å²) in [7, 11) is 0. The van der Waals surface area contributed by atoms with Crippen molar-refractivity contribution in [3.8, 4) is 0 Å². The van der Waals surface area contributed by atoms with Crippen molar-refractivity contribution >= 4 is 49.1 Å². The molecule has 0 spiro atoms. The molecule has 0 radical (unpaired) electrons. The maximum Gasteiger partial charge on any atom is 0.0551 e. The molecule has 0 amide bonds. The van der Waals surface area contributed by atoms with Crippen LogP contribution in [0.15, 0.2) is 45.3 Å². The van der Waals surface area contributed by atoms with Crippen molar-refractivity contribution in [3.63, 3.8) is 0 Å². The van der Waals surface area contributed by atoms with Crippen LogP contribution in [-0.2, 0) is 6.54 Å². The van der Waals surface area contributed by atoms with Crippen LogP contribution >= 0.6 is 43.5 Å². The van der Waals surface area contributed by atoms with Crippen LogP contribution in [-0.4, -0.2) is 0 Å². The molecule has 0 unspecified atom stereocenters. The molecule has 0 aliphatic rings. The summed E-state index contributed by atoms with van der Waals surface area (Å²) in [4.78, 5) is 0. The van der Waals surface area contributed by atoms with Crippen LogP contribution in [0.1, 0.15) is 11.1 Å². The van der Waals surface area contributed by atoms with E-state index in [2.05, 4.69) is 62.3 Å². The molecule has 94 valence electrons. The van der Waals surface area contributed by atoms with Gasteiger partial charge in [-0.15, -0.1) is 0 Å². The van der Waals surface area contributed by atoms with Crippen molar-refractivity contribution in [3.05, 3.63) is 61.5 Å². The average molecular weight is 390 g/mol. The Morgan fingerprint density at radius 2 is 1.83 bits per heavy atom. The molecule has 18 heavy (non-hydrogen) atoms. The number of nitrogens with one attached hydrogen (secondary N) is 1. The summed E-state index contributed by atoms with van der Waals surface area (Å²) in [6, 6.07) is 12.2. The molecule has 0 heterocycles. The van der Waals surface area contributed by atoms with Gasteiger partial charge in [-0.2, -0.15) is 0 Å². The fraction of sp³-hybridized carbons (Fsp3) is 0.143. The number of rotatable bonds is 3. The van der Waals surface area contributed by atoms with Crippen molar-refractivity contribution in [2.24, 2.45) is 0 Å². The first-order chi connectivity index (χ1) is 8.56. The lowest BCUT2D eigenvalue weighted by atomic mass is 10.2. The maximum absolute atomic E-state index is 6.06. The summed E-state index contributed by atoms with van der Waals surface area (Å²) >= 11 is 13.0. The fourth-order valence-corrected chi connectivity index (χ4v) is 2.39. The van der Waals surface area contributed by atoms with Crippen molar-refractivity contribution in [1.82, 2.24) is 0 Å². The van der Waals surface area contributed by atoms with Crippen molar-refractivity contribution in [2.75, 3.05) is 5.32 Å². The van der Waals surface area contributed by atoms with Gasteiger partial charge in [-0.25, -0.2) is 0 Å². The Morgan fingerprint density at radius 1 is 1.06 bits per heavy atom. The first-order valence-electron chi connectivity index (χ1n) is 5.50. The summed E-state index contributed by atoms with van der Waals surface area (Å²) in [5.74, 6) is 0. The van der Waals surface area contributed by atoms with E-state index in [0.717, 1.165) is 31.8 Å². The molecule has 1 N–H and O–H groups in total. The van der Waals surface area contributed by atoms with E-state index >= 15 is 0 Å². The van der Waals surface area contributed by atoms with E-state index in [-0.39, 0.29) is 0 Å². The Kier molecular flexibility index (Phi) is 4.71. The lowest BCUT2D eigenvalue weighted by molar-refractivity contribution is 1.14. The highest BCUT2D eigenvalue weighted by Gasteiger charge is 2.00. The van der Waals surface area contributed by atoms with Gasteiger partial charge in [0.2, 0.25) is 0 Å². The van der Waals surface area contributed by atoms with E-state index in [1.807, 2.05) is 18.2 Å². The number of hydrogen-bond donors (Lipinski definition) is 1. The normalized spacial score (nSPS) is 10.4. The van der Waals surface area contributed by atoms with E-state index in [4.69, 9.17) is 11.6 Å². The van der Waals surface area contributed by atoms with E-state index in [0.29, 0.717) is 0 Å². The number of benzene rings is 2. The summed E-state index contributed by atoms with van der Waals surface area (Å²) < 4.78 is 2.03. The molecule has 2 aromatic carbocycles. The molecule has 1 nitrogen and oxygen atoms in total. The molecule has 0 saturated carbocycles. The molecule has 4 heteroatoms. The first kappa shape index (κ1) is 13.9. The average Bonchev–Trinajstić information content (AvgIpc) is 2.35. The van der Waals surface area contributed by atoms with Gasteiger partial charge in [0, 0.05) is 21.2 Å². The van der Waals surface area contributed by atoms with Gasteiger partial charge in [-0.3, -0.25) is 0 Å². The zero-order chi connectivity index (χ0) is 13.1. The molecule has 0 fully saturated rings. The van der Waals surface area contributed by atoms with Crippen molar-refractivity contribution < 1.29 is 0 Å². The van der Waals surface area contributed by atoms with Gasteiger partial charge in [0.05, 0.1) is 5.02 Å². The van der Waals surface area contributed by atoms with Crippen LogP contribution in [0.2, 0.25) is 5.02 Å². The quantitative estimate of drug-likeness (QED) is 0.701. The minimum Gasteiger partial charge on any atom is -0.381 e. The molecular formula is C14H12Br2ClN. The topological polar surface area (TPSA) is 12.0 Å². The third kappa shape index (κ3) is 3.50. The molecule has 0 atom stereocenters. The van der Waals surface area contributed by atoms with E-state index in [1.165, 1.54) is 5.56 Å². The van der Waals surface area contributed by atoms with Crippen LogP contribution in [0.3, 0.4) is 0 Å². The Labute approximate surface area is 129 Å². The van der Waals surface area contributed by atoms with Gasteiger partial charge in [0.15, 0.2) is 0 Å². The number of aryl methyl sites for hydroxylation is 1. The molecule has 2 rings (SSSR count). The van der Waals surface area contributed by atoms with Crippen LogP contribution in [0.4, 0.5) is 5.69 Å². The van der Waals surface area contributed by atoms with Gasteiger partial charge in [0.25, 0.3) is 0 Å². The van der Waals surface area contributed by atoms with Gasteiger partial charge in [-0.05, 0) is 58.2 Å². The summed E-state index contributed by atoms with van der Waals surface area (Å²) in [6.07, 6.45) is 0. The minimum atomic E-state index is 0.736. The molecule has 0 aliphatic carbocycles. The van der Waals surface area contributed by atoms with Gasteiger partial charge in [-0.1, -0.05) is 39.7 Å². The largest absolute Gasteiger partial charge is 0.381 e. The van der Waals surface area contributed by atoms with Gasteiger partial charge >= 0.3 is 0 Å². The summed E-state index contributed by atoms with van der Waals surface area (Å²) in [5.41, 5.74) is 3.47. The van der Waals surface area contributed by atoms with Gasteiger partial charge < -0.3 is 5.32 Å². The molecular weight excluding hydrogens is 377 g/mol. The predicted molar refractivity (Wildman–Crippen MR) is 85.4 cm³/mol. The standard InChI is InChI=1S/C14H12Br2ClN/c1-9-2-4-11(7-13(9)16)18-8-10-3-5-12(15)14(17)6-10/h2-7,18H,8H2,1H3. The SMILES string of the molecule is Cc1ccc(NCc2ccc(Br)c(Cl)c2)cc1Br. The molecule has 0 saturated heterocycles. The van der Waals surface area contributed by atoms with Crippen molar-refractivity contribution in [2.45, 2.75) is 13.5 Å². The van der Waals surface area contributed by atoms with E-state index in [1.54, 1.807) is 0 Å². The Balaban J connectivity index is 2.06. The zero-order valence-electron chi connectivity index (χ0n) is 9.81. The second-order valence-corrected chi connectivity index (χ2v) is 6.18. The highest BCUT2D eigenvalue weighted by Crippen LogP contribution is 2.24.